The van der Waals surface area contributed by atoms with Crippen LogP contribution in [-0.2, 0) is 10.8 Å². The maximum atomic E-state index is 12.9. The summed E-state index contributed by atoms with van der Waals surface area (Å²) in [6.45, 7) is 0. The van der Waals surface area contributed by atoms with E-state index in [4.69, 9.17) is 0 Å². The van der Waals surface area contributed by atoms with Crippen LogP contribution in [0.25, 0.3) is 0 Å². The molecule has 0 spiro atoms. The Morgan fingerprint density at radius 3 is 1.94 bits per heavy atom. The Hall–Kier alpha value is 0.01000. The fourth-order valence-corrected chi connectivity index (χ4v) is 4.37. The van der Waals surface area contributed by atoms with Crippen molar-refractivity contribution in [1.82, 2.24) is 0 Å². The normalized spacial score (nSPS) is 28.6. The van der Waals surface area contributed by atoms with E-state index in [0.29, 0.717) is 24.5 Å². The van der Waals surface area contributed by atoms with Crippen molar-refractivity contribution in [3.8, 4) is 0 Å². The lowest BCUT2D eigenvalue weighted by molar-refractivity contribution is -0.0434. The van der Waals surface area contributed by atoms with Crippen LogP contribution in [0.15, 0.2) is 0 Å². The highest BCUT2D eigenvalue weighted by Gasteiger charge is 2.35. The lowest BCUT2D eigenvalue weighted by atomic mass is 9.87. The first kappa shape index (κ1) is 12.5. The fourth-order valence-electron chi connectivity index (χ4n) is 2.52. The summed E-state index contributed by atoms with van der Waals surface area (Å²) in [6, 6.07) is 0. The minimum absolute atomic E-state index is 0.00169. The van der Waals surface area contributed by atoms with Crippen LogP contribution in [0.4, 0.5) is 8.78 Å². The van der Waals surface area contributed by atoms with Crippen molar-refractivity contribution in [3.63, 3.8) is 0 Å². The van der Waals surface area contributed by atoms with Gasteiger partial charge in [0.15, 0.2) is 0 Å². The Morgan fingerprint density at radius 1 is 1.00 bits per heavy atom. The van der Waals surface area contributed by atoms with Crippen LogP contribution >= 0.6 is 0 Å². The molecule has 0 saturated heterocycles. The van der Waals surface area contributed by atoms with Gasteiger partial charge in [0.2, 0.25) is 5.92 Å². The van der Waals surface area contributed by atoms with E-state index >= 15 is 0 Å². The zero-order valence-corrected chi connectivity index (χ0v) is 10.4. The van der Waals surface area contributed by atoms with Crippen LogP contribution in [0, 0.1) is 11.8 Å². The average Bonchev–Trinajstić information content (AvgIpc) is 2.15. The third-order valence-corrected chi connectivity index (χ3v) is 5.59. The quantitative estimate of drug-likeness (QED) is 0.747. The molecule has 1 nitrogen and oxygen atoms in total. The summed E-state index contributed by atoms with van der Waals surface area (Å²) in [6.07, 6.45) is 4.82. The largest absolute Gasteiger partial charge is 0.260 e. The number of halogens is 2. The van der Waals surface area contributed by atoms with E-state index < -0.39 is 16.7 Å². The molecule has 0 aromatic carbocycles. The van der Waals surface area contributed by atoms with Crippen LogP contribution in [-0.4, -0.2) is 21.6 Å². The number of rotatable bonds is 4. The Kier molecular flexibility index (Phi) is 3.98. The smallest absolute Gasteiger partial charge is 0.248 e. The molecule has 0 heterocycles. The first-order valence-corrected chi connectivity index (χ1v) is 7.77. The van der Waals surface area contributed by atoms with E-state index in [1.54, 1.807) is 0 Å². The molecule has 2 aliphatic carbocycles. The second kappa shape index (κ2) is 5.11. The lowest BCUT2D eigenvalue weighted by Gasteiger charge is -2.29. The van der Waals surface area contributed by atoms with Crippen molar-refractivity contribution < 1.29 is 13.0 Å². The topological polar surface area (TPSA) is 17.1 Å². The van der Waals surface area contributed by atoms with Crippen LogP contribution in [0.3, 0.4) is 0 Å². The molecule has 4 heteroatoms. The van der Waals surface area contributed by atoms with E-state index in [0.717, 1.165) is 5.75 Å². The molecule has 2 fully saturated rings. The van der Waals surface area contributed by atoms with Gasteiger partial charge in [0.1, 0.15) is 0 Å². The van der Waals surface area contributed by atoms with Gasteiger partial charge in [-0.15, -0.1) is 0 Å². The molecule has 0 amide bonds. The second-order valence-corrected chi connectivity index (χ2v) is 6.92. The summed E-state index contributed by atoms with van der Waals surface area (Å²) in [5.41, 5.74) is 0. The van der Waals surface area contributed by atoms with Gasteiger partial charge in [-0.1, -0.05) is 6.42 Å². The molecule has 0 aromatic rings. The minimum atomic E-state index is -2.45. The molecule has 0 aliphatic heterocycles. The molecule has 94 valence electrons. The van der Waals surface area contributed by atoms with Crippen molar-refractivity contribution in [3.05, 3.63) is 0 Å². The van der Waals surface area contributed by atoms with Gasteiger partial charge in [0, 0.05) is 35.1 Å². The Bertz CT molecular complexity index is 254. The maximum absolute atomic E-state index is 12.9. The Balaban J connectivity index is 1.67. The van der Waals surface area contributed by atoms with Crippen LogP contribution in [0.1, 0.15) is 44.9 Å². The SMILES string of the molecule is O=S(CC1CCC1)CC1CCC(F)(F)CC1. The van der Waals surface area contributed by atoms with Gasteiger partial charge < -0.3 is 0 Å². The van der Waals surface area contributed by atoms with Crippen molar-refractivity contribution in [2.45, 2.75) is 50.9 Å². The zero-order valence-electron chi connectivity index (χ0n) is 9.59. The highest BCUT2D eigenvalue weighted by Crippen LogP contribution is 2.36. The Labute approximate surface area is 98.4 Å². The molecule has 2 saturated carbocycles. The first-order chi connectivity index (χ1) is 7.55. The van der Waals surface area contributed by atoms with Crippen LogP contribution < -0.4 is 0 Å². The second-order valence-electron chi connectivity index (χ2n) is 5.37. The van der Waals surface area contributed by atoms with E-state index in [-0.39, 0.29) is 18.8 Å². The predicted molar refractivity (Wildman–Crippen MR) is 62.1 cm³/mol. The van der Waals surface area contributed by atoms with Gasteiger partial charge in [-0.05, 0) is 37.5 Å². The molecular weight excluding hydrogens is 230 g/mol. The molecule has 0 aromatic heterocycles. The summed E-state index contributed by atoms with van der Waals surface area (Å²) in [7, 11) is -0.766. The summed E-state index contributed by atoms with van der Waals surface area (Å²) < 4.78 is 37.6. The monoisotopic (exact) mass is 250 g/mol. The van der Waals surface area contributed by atoms with Crippen molar-refractivity contribution in [2.24, 2.45) is 11.8 Å². The molecule has 16 heavy (non-hydrogen) atoms. The van der Waals surface area contributed by atoms with Crippen molar-refractivity contribution in [1.29, 1.82) is 0 Å². The predicted octanol–water partition coefficient (Wildman–Crippen LogP) is 3.36. The number of hydrogen-bond acceptors (Lipinski definition) is 1. The number of alkyl halides is 2. The maximum Gasteiger partial charge on any atom is 0.248 e. The van der Waals surface area contributed by atoms with Gasteiger partial charge in [-0.3, -0.25) is 4.21 Å². The molecule has 2 aliphatic rings. The lowest BCUT2D eigenvalue weighted by Crippen LogP contribution is -2.29. The molecular formula is C12H20F2OS. The van der Waals surface area contributed by atoms with Crippen LogP contribution in [0.2, 0.25) is 0 Å². The minimum Gasteiger partial charge on any atom is -0.260 e. The van der Waals surface area contributed by atoms with Gasteiger partial charge in [-0.25, -0.2) is 8.78 Å². The highest BCUT2D eigenvalue weighted by atomic mass is 32.2. The average molecular weight is 250 g/mol. The first-order valence-electron chi connectivity index (χ1n) is 6.28. The molecule has 0 N–H and O–H groups in total. The summed E-state index contributed by atoms with van der Waals surface area (Å²) in [5, 5.41) is 0. The third kappa shape index (κ3) is 3.51. The molecule has 1 atom stereocenters. The summed E-state index contributed by atoms with van der Waals surface area (Å²) in [5.74, 6) is -0.0442. The molecule has 2 rings (SSSR count). The van der Waals surface area contributed by atoms with E-state index in [9.17, 15) is 13.0 Å². The summed E-state index contributed by atoms with van der Waals surface area (Å²) in [4.78, 5) is 0. The fraction of sp³-hybridized carbons (Fsp3) is 1.00. The molecule has 0 radical (unpaired) electrons. The third-order valence-electron chi connectivity index (χ3n) is 3.90. The van der Waals surface area contributed by atoms with Crippen molar-refractivity contribution in [2.75, 3.05) is 11.5 Å². The highest BCUT2D eigenvalue weighted by molar-refractivity contribution is 7.85. The van der Waals surface area contributed by atoms with Gasteiger partial charge >= 0.3 is 0 Å². The van der Waals surface area contributed by atoms with Gasteiger partial charge in [0.25, 0.3) is 0 Å². The van der Waals surface area contributed by atoms with Gasteiger partial charge in [0.05, 0.1) is 0 Å². The van der Waals surface area contributed by atoms with Crippen molar-refractivity contribution >= 4 is 10.8 Å². The molecule has 1 unspecified atom stereocenters. The molecule has 0 bridgehead atoms. The van der Waals surface area contributed by atoms with Crippen LogP contribution in [0.5, 0.6) is 0 Å². The zero-order chi connectivity index (χ0) is 11.6. The van der Waals surface area contributed by atoms with E-state index in [1.807, 2.05) is 0 Å². The summed E-state index contributed by atoms with van der Waals surface area (Å²) >= 11 is 0. The van der Waals surface area contributed by atoms with E-state index in [1.165, 1.54) is 19.3 Å². The Morgan fingerprint density at radius 2 is 1.50 bits per heavy atom. The standard InChI is InChI=1S/C12H20F2OS/c13-12(14)6-4-11(5-7-12)9-16(15)8-10-2-1-3-10/h10-11H,1-9H2. The number of hydrogen-bond donors (Lipinski definition) is 0. The van der Waals surface area contributed by atoms with E-state index in [2.05, 4.69) is 0 Å². The van der Waals surface area contributed by atoms with Gasteiger partial charge in [-0.2, -0.15) is 0 Å².